The van der Waals surface area contributed by atoms with Crippen LogP contribution in [0.4, 0.5) is 11.4 Å². The van der Waals surface area contributed by atoms with E-state index >= 15 is 0 Å². The van der Waals surface area contributed by atoms with Gasteiger partial charge in [0.1, 0.15) is 6.54 Å². The first kappa shape index (κ1) is 20.2. The highest BCUT2D eigenvalue weighted by Gasteiger charge is 2.17. The molecule has 1 N–H and O–H groups in total. The zero-order valence-corrected chi connectivity index (χ0v) is 17.7. The van der Waals surface area contributed by atoms with Gasteiger partial charge >= 0.3 is 0 Å². The van der Waals surface area contributed by atoms with Gasteiger partial charge in [-0.15, -0.1) is 0 Å². The topological polar surface area (TPSA) is 53.4 Å². The molecule has 0 saturated carbocycles. The largest absolute Gasteiger partial charge is 0.369 e. The van der Waals surface area contributed by atoms with Crippen LogP contribution in [0.1, 0.15) is 17.0 Å². The zero-order valence-electron chi connectivity index (χ0n) is 17.7. The van der Waals surface area contributed by atoms with E-state index in [2.05, 4.69) is 62.7 Å². The summed E-state index contributed by atoms with van der Waals surface area (Å²) in [5.41, 5.74) is 5.29. The zero-order chi connectivity index (χ0) is 20.9. The minimum absolute atomic E-state index is 0.0662. The van der Waals surface area contributed by atoms with E-state index in [1.807, 2.05) is 32.0 Å². The molecule has 1 fully saturated rings. The summed E-state index contributed by atoms with van der Waals surface area (Å²) in [7, 11) is 0. The molecule has 0 aliphatic carbocycles. The van der Waals surface area contributed by atoms with Crippen molar-refractivity contribution in [2.45, 2.75) is 26.9 Å². The molecule has 2 aromatic carbocycles. The number of piperazine rings is 1. The van der Waals surface area contributed by atoms with Crippen molar-refractivity contribution >= 4 is 17.3 Å². The average Bonchev–Trinajstić information content (AvgIpc) is 3.06. The molecule has 1 aliphatic rings. The molecule has 1 saturated heterocycles. The van der Waals surface area contributed by atoms with E-state index in [0.717, 1.165) is 49.8 Å². The van der Waals surface area contributed by atoms with Gasteiger partial charge in [-0.3, -0.25) is 14.4 Å². The van der Waals surface area contributed by atoms with Crippen LogP contribution in [0.25, 0.3) is 0 Å². The van der Waals surface area contributed by atoms with E-state index in [9.17, 15) is 4.79 Å². The lowest BCUT2D eigenvalue weighted by Crippen LogP contribution is -2.45. The van der Waals surface area contributed by atoms with Crippen LogP contribution >= 0.6 is 0 Å². The van der Waals surface area contributed by atoms with Crippen LogP contribution in [0.5, 0.6) is 0 Å². The normalized spacial score (nSPS) is 14.7. The first-order valence-corrected chi connectivity index (χ1v) is 10.5. The molecule has 2 heterocycles. The molecule has 3 aromatic rings. The average molecular weight is 404 g/mol. The molecule has 0 spiro atoms. The molecule has 156 valence electrons. The molecule has 4 rings (SSSR count). The monoisotopic (exact) mass is 403 g/mol. The Morgan fingerprint density at radius 3 is 2.30 bits per heavy atom. The van der Waals surface area contributed by atoms with Crippen LogP contribution in [-0.4, -0.2) is 46.8 Å². The van der Waals surface area contributed by atoms with E-state index in [1.54, 1.807) is 4.68 Å². The van der Waals surface area contributed by atoms with Crippen molar-refractivity contribution in [2.24, 2.45) is 0 Å². The third kappa shape index (κ3) is 5.07. The maximum Gasteiger partial charge on any atom is 0.246 e. The first-order valence-electron chi connectivity index (χ1n) is 10.5. The van der Waals surface area contributed by atoms with Gasteiger partial charge in [-0.2, -0.15) is 5.10 Å². The molecule has 1 amide bonds. The lowest BCUT2D eigenvalue weighted by molar-refractivity contribution is -0.116. The number of nitrogens with zero attached hydrogens (tertiary/aromatic N) is 4. The molecule has 0 radical (unpaired) electrons. The number of nitrogens with one attached hydrogen (secondary N) is 1. The second-order valence-electron chi connectivity index (χ2n) is 7.93. The number of benzene rings is 2. The molecule has 6 heteroatoms. The highest BCUT2D eigenvalue weighted by atomic mass is 16.2. The van der Waals surface area contributed by atoms with Crippen molar-refractivity contribution in [1.29, 1.82) is 0 Å². The minimum atomic E-state index is -0.0662. The van der Waals surface area contributed by atoms with E-state index in [1.165, 1.54) is 11.3 Å². The molecule has 1 aromatic heterocycles. The van der Waals surface area contributed by atoms with Crippen LogP contribution in [0.15, 0.2) is 60.7 Å². The summed E-state index contributed by atoms with van der Waals surface area (Å²) in [6.45, 7) is 9.25. The molecule has 30 heavy (non-hydrogen) atoms. The summed E-state index contributed by atoms with van der Waals surface area (Å²) in [6, 6.07) is 20.7. The Morgan fingerprint density at radius 1 is 0.967 bits per heavy atom. The van der Waals surface area contributed by atoms with Gasteiger partial charge in [-0.05, 0) is 49.7 Å². The Kier molecular flexibility index (Phi) is 6.14. The van der Waals surface area contributed by atoms with Gasteiger partial charge in [-0.1, -0.05) is 30.3 Å². The minimum Gasteiger partial charge on any atom is -0.369 e. The van der Waals surface area contributed by atoms with Gasteiger partial charge < -0.3 is 10.2 Å². The number of amides is 1. The molecule has 6 nitrogen and oxygen atoms in total. The number of rotatable bonds is 6. The van der Waals surface area contributed by atoms with Gasteiger partial charge in [-0.25, -0.2) is 0 Å². The fraction of sp³-hybridized carbons (Fsp3) is 0.333. The Labute approximate surface area is 178 Å². The summed E-state index contributed by atoms with van der Waals surface area (Å²) in [5.74, 6) is -0.0662. The van der Waals surface area contributed by atoms with Crippen molar-refractivity contribution < 1.29 is 4.79 Å². The fourth-order valence-corrected chi connectivity index (χ4v) is 3.93. The van der Waals surface area contributed by atoms with Crippen LogP contribution in [0.3, 0.4) is 0 Å². The summed E-state index contributed by atoms with van der Waals surface area (Å²) in [5, 5.41) is 7.31. The van der Waals surface area contributed by atoms with Gasteiger partial charge in [0.25, 0.3) is 0 Å². The summed E-state index contributed by atoms with van der Waals surface area (Å²) in [6.07, 6.45) is 0. The van der Waals surface area contributed by atoms with Crippen molar-refractivity contribution in [3.05, 3.63) is 77.6 Å². The predicted molar refractivity (Wildman–Crippen MR) is 121 cm³/mol. The Morgan fingerprint density at radius 2 is 1.67 bits per heavy atom. The number of carbonyl (C=O) groups excluding carboxylic acids is 1. The molecule has 0 bridgehead atoms. The van der Waals surface area contributed by atoms with Crippen LogP contribution in [-0.2, 0) is 17.9 Å². The highest BCUT2D eigenvalue weighted by Crippen LogP contribution is 2.20. The summed E-state index contributed by atoms with van der Waals surface area (Å²) < 4.78 is 1.73. The Bertz CT molecular complexity index is 973. The third-order valence-electron chi connectivity index (χ3n) is 5.53. The molecule has 0 unspecified atom stereocenters. The van der Waals surface area contributed by atoms with Gasteiger partial charge in [0.05, 0.1) is 5.69 Å². The standard InChI is InChI=1S/C24H29N5O/c1-19-16-20(2)29(26-19)18-24(30)25-22-8-10-23(11-9-22)28-14-12-27(13-15-28)17-21-6-4-3-5-7-21/h3-11,16H,12-15,17-18H2,1-2H3,(H,25,30). The number of aromatic nitrogens is 2. The van der Waals surface area contributed by atoms with Crippen molar-refractivity contribution in [3.63, 3.8) is 0 Å². The SMILES string of the molecule is Cc1cc(C)n(CC(=O)Nc2ccc(N3CCN(Cc4ccccc4)CC3)cc2)n1. The molecule has 1 aliphatic heterocycles. The van der Waals surface area contributed by atoms with E-state index in [4.69, 9.17) is 0 Å². The number of carbonyl (C=O) groups is 1. The van der Waals surface area contributed by atoms with Crippen LogP contribution < -0.4 is 10.2 Å². The number of aryl methyl sites for hydroxylation is 2. The lowest BCUT2D eigenvalue weighted by atomic mass is 10.2. The fourth-order valence-electron chi connectivity index (χ4n) is 3.93. The molecular weight excluding hydrogens is 374 g/mol. The van der Waals surface area contributed by atoms with Gasteiger partial charge in [0, 0.05) is 49.8 Å². The van der Waals surface area contributed by atoms with E-state index in [-0.39, 0.29) is 12.5 Å². The molecule has 0 atom stereocenters. The second-order valence-corrected chi connectivity index (χ2v) is 7.93. The quantitative estimate of drug-likeness (QED) is 0.685. The summed E-state index contributed by atoms with van der Waals surface area (Å²) in [4.78, 5) is 17.2. The second kappa shape index (κ2) is 9.13. The smallest absolute Gasteiger partial charge is 0.246 e. The Hall–Kier alpha value is -3.12. The van der Waals surface area contributed by atoms with E-state index < -0.39 is 0 Å². The first-order chi connectivity index (χ1) is 14.6. The number of anilines is 2. The molecular formula is C24H29N5O. The van der Waals surface area contributed by atoms with Gasteiger partial charge in [0.15, 0.2) is 0 Å². The summed E-state index contributed by atoms with van der Waals surface area (Å²) >= 11 is 0. The van der Waals surface area contributed by atoms with Crippen molar-refractivity contribution in [3.8, 4) is 0 Å². The number of hydrogen-bond acceptors (Lipinski definition) is 4. The third-order valence-corrected chi connectivity index (χ3v) is 5.53. The highest BCUT2D eigenvalue weighted by molar-refractivity contribution is 5.90. The van der Waals surface area contributed by atoms with E-state index in [0.29, 0.717) is 0 Å². The van der Waals surface area contributed by atoms with Crippen molar-refractivity contribution in [1.82, 2.24) is 14.7 Å². The Balaban J connectivity index is 1.27. The lowest BCUT2D eigenvalue weighted by Gasteiger charge is -2.36. The van der Waals surface area contributed by atoms with Crippen LogP contribution in [0.2, 0.25) is 0 Å². The maximum atomic E-state index is 12.3. The predicted octanol–water partition coefficient (Wildman–Crippen LogP) is 3.46. The number of hydrogen-bond donors (Lipinski definition) is 1. The maximum absolute atomic E-state index is 12.3. The van der Waals surface area contributed by atoms with Crippen molar-refractivity contribution in [2.75, 3.05) is 36.4 Å². The van der Waals surface area contributed by atoms with Crippen LogP contribution in [0, 0.1) is 13.8 Å². The van der Waals surface area contributed by atoms with Gasteiger partial charge in [0.2, 0.25) is 5.91 Å².